The molecule has 0 atom stereocenters. The van der Waals surface area contributed by atoms with E-state index in [4.69, 9.17) is 16.0 Å². The third-order valence-corrected chi connectivity index (χ3v) is 2.20. The number of halogens is 4. The van der Waals surface area contributed by atoms with Gasteiger partial charge in [0.05, 0.1) is 6.54 Å². The fourth-order valence-corrected chi connectivity index (χ4v) is 1.40. The molecule has 1 heterocycles. The van der Waals surface area contributed by atoms with Crippen molar-refractivity contribution in [3.05, 3.63) is 23.1 Å². The molecule has 16 heavy (non-hydrogen) atoms. The molecule has 0 spiro atoms. The van der Waals surface area contributed by atoms with E-state index in [2.05, 4.69) is 5.32 Å². The highest BCUT2D eigenvalue weighted by molar-refractivity contribution is 6.28. The molecule has 0 saturated carbocycles. The Balaban J connectivity index is 2.00. The lowest BCUT2D eigenvalue weighted by atomic mass is 10.2. The van der Waals surface area contributed by atoms with Gasteiger partial charge in [0, 0.05) is 6.42 Å². The summed E-state index contributed by atoms with van der Waals surface area (Å²) in [5.41, 5.74) is 0. The van der Waals surface area contributed by atoms with E-state index in [9.17, 15) is 13.2 Å². The van der Waals surface area contributed by atoms with Crippen LogP contribution in [0.4, 0.5) is 13.2 Å². The van der Waals surface area contributed by atoms with Gasteiger partial charge in [-0.1, -0.05) is 0 Å². The van der Waals surface area contributed by atoms with Crippen molar-refractivity contribution >= 4 is 11.6 Å². The van der Waals surface area contributed by atoms with Crippen molar-refractivity contribution in [3.8, 4) is 0 Å². The molecule has 0 aliphatic rings. The summed E-state index contributed by atoms with van der Waals surface area (Å²) in [6, 6.07) is 3.35. The summed E-state index contributed by atoms with van der Waals surface area (Å²) in [6.45, 7) is 1.02. The number of rotatable bonds is 6. The molecule has 0 saturated heterocycles. The van der Waals surface area contributed by atoms with E-state index in [0.29, 0.717) is 30.5 Å². The monoisotopic (exact) mass is 255 g/mol. The molecule has 1 aromatic heterocycles. The van der Waals surface area contributed by atoms with E-state index in [1.165, 1.54) is 0 Å². The zero-order chi connectivity index (χ0) is 12.0. The molecular formula is C10H13ClF3NO. The summed E-state index contributed by atoms with van der Waals surface area (Å²) >= 11 is 5.55. The Hall–Kier alpha value is -0.680. The Bertz CT molecular complexity index is 311. The highest BCUT2D eigenvalue weighted by Crippen LogP contribution is 2.21. The van der Waals surface area contributed by atoms with E-state index in [0.717, 1.165) is 0 Å². The number of furan rings is 1. The summed E-state index contributed by atoms with van der Waals surface area (Å²) in [4.78, 5) is 0. The smallest absolute Gasteiger partial charge is 0.389 e. The van der Waals surface area contributed by atoms with Gasteiger partial charge in [0.2, 0.25) is 0 Å². The van der Waals surface area contributed by atoms with E-state index in [1.807, 2.05) is 0 Å². The first kappa shape index (κ1) is 13.4. The number of alkyl halides is 3. The zero-order valence-electron chi connectivity index (χ0n) is 8.61. The lowest BCUT2D eigenvalue weighted by molar-refractivity contribution is -0.135. The largest absolute Gasteiger partial charge is 0.448 e. The van der Waals surface area contributed by atoms with Gasteiger partial charge >= 0.3 is 6.18 Å². The van der Waals surface area contributed by atoms with Gasteiger partial charge in [-0.25, -0.2) is 0 Å². The summed E-state index contributed by atoms with van der Waals surface area (Å²) in [6.07, 6.45) is -4.13. The van der Waals surface area contributed by atoms with Crippen LogP contribution in [0.2, 0.25) is 5.22 Å². The molecule has 0 fully saturated rings. The van der Waals surface area contributed by atoms with Crippen LogP contribution in [0.1, 0.15) is 25.0 Å². The van der Waals surface area contributed by atoms with Crippen LogP contribution in [0.3, 0.4) is 0 Å². The van der Waals surface area contributed by atoms with Gasteiger partial charge in [0.25, 0.3) is 0 Å². The predicted octanol–water partition coefficient (Wildman–Crippen LogP) is 3.76. The third kappa shape index (κ3) is 6.02. The molecule has 0 aliphatic heterocycles. The number of hydrogen-bond donors (Lipinski definition) is 1. The Morgan fingerprint density at radius 1 is 1.25 bits per heavy atom. The van der Waals surface area contributed by atoms with Gasteiger partial charge in [-0.3, -0.25) is 0 Å². The maximum Gasteiger partial charge on any atom is 0.389 e. The highest BCUT2D eigenvalue weighted by atomic mass is 35.5. The van der Waals surface area contributed by atoms with Crippen LogP contribution in [0.5, 0.6) is 0 Å². The minimum absolute atomic E-state index is 0.148. The Morgan fingerprint density at radius 2 is 2.00 bits per heavy atom. The van der Waals surface area contributed by atoms with Crippen LogP contribution in [-0.2, 0) is 6.54 Å². The molecule has 92 valence electrons. The number of hydrogen-bond acceptors (Lipinski definition) is 2. The Kier molecular flexibility index (Phi) is 5.15. The molecule has 0 aromatic carbocycles. The van der Waals surface area contributed by atoms with Crippen molar-refractivity contribution < 1.29 is 17.6 Å². The quantitative estimate of drug-likeness (QED) is 0.783. The molecule has 0 amide bonds. The lowest BCUT2D eigenvalue weighted by Crippen LogP contribution is -2.15. The van der Waals surface area contributed by atoms with Crippen LogP contribution in [-0.4, -0.2) is 12.7 Å². The van der Waals surface area contributed by atoms with Crippen LogP contribution in [0.25, 0.3) is 0 Å². The Morgan fingerprint density at radius 3 is 2.56 bits per heavy atom. The molecule has 0 aliphatic carbocycles. The van der Waals surface area contributed by atoms with Gasteiger partial charge in [-0.2, -0.15) is 13.2 Å². The number of unbranched alkanes of at least 4 members (excludes halogenated alkanes) is 1. The van der Waals surface area contributed by atoms with E-state index in [-0.39, 0.29) is 6.42 Å². The minimum atomic E-state index is -4.05. The van der Waals surface area contributed by atoms with E-state index in [1.54, 1.807) is 12.1 Å². The second kappa shape index (κ2) is 6.15. The van der Waals surface area contributed by atoms with Crippen molar-refractivity contribution in [2.75, 3.05) is 6.54 Å². The van der Waals surface area contributed by atoms with Crippen LogP contribution >= 0.6 is 11.6 Å². The lowest BCUT2D eigenvalue weighted by Gasteiger charge is -2.06. The molecule has 0 unspecified atom stereocenters. The van der Waals surface area contributed by atoms with Gasteiger partial charge < -0.3 is 9.73 Å². The molecule has 0 radical (unpaired) electrons. The average molecular weight is 256 g/mol. The summed E-state index contributed by atoms with van der Waals surface area (Å²) in [7, 11) is 0. The first-order valence-electron chi connectivity index (χ1n) is 4.99. The van der Waals surface area contributed by atoms with Crippen molar-refractivity contribution in [1.29, 1.82) is 0 Å². The molecule has 0 bridgehead atoms. The fraction of sp³-hybridized carbons (Fsp3) is 0.600. The summed E-state index contributed by atoms with van der Waals surface area (Å²) in [5, 5.41) is 3.30. The molecule has 1 N–H and O–H groups in total. The SMILES string of the molecule is FC(F)(F)CCCCNCc1ccc(Cl)o1. The first-order valence-corrected chi connectivity index (χ1v) is 5.37. The van der Waals surface area contributed by atoms with Crippen LogP contribution in [0, 0.1) is 0 Å². The molecule has 1 aromatic rings. The molecule has 1 rings (SSSR count). The van der Waals surface area contributed by atoms with Crippen molar-refractivity contribution in [1.82, 2.24) is 5.32 Å². The Labute approximate surface area is 96.8 Å². The highest BCUT2D eigenvalue weighted by Gasteiger charge is 2.25. The third-order valence-electron chi connectivity index (χ3n) is 1.99. The first-order chi connectivity index (χ1) is 7.47. The maximum atomic E-state index is 11.8. The summed E-state index contributed by atoms with van der Waals surface area (Å²) in [5.74, 6) is 0.681. The predicted molar refractivity (Wildman–Crippen MR) is 55.3 cm³/mol. The fourth-order valence-electron chi connectivity index (χ4n) is 1.23. The van der Waals surface area contributed by atoms with Crippen LogP contribution in [0.15, 0.2) is 16.5 Å². The van der Waals surface area contributed by atoms with Crippen LogP contribution < -0.4 is 5.32 Å². The van der Waals surface area contributed by atoms with Gasteiger partial charge in [-0.15, -0.1) is 0 Å². The molecule has 2 nitrogen and oxygen atoms in total. The average Bonchev–Trinajstić information content (AvgIpc) is 2.56. The molecule has 6 heteroatoms. The topological polar surface area (TPSA) is 25.2 Å². The van der Waals surface area contributed by atoms with E-state index >= 15 is 0 Å². The van der Waals surface area contributed by atoms with Gasteiger partial charge in [-0.05, 0) is 43.1 Å². The van der Waals surface area contributed by atoms with Gasteiger partial charge in [0.15, 0.2) is 5.22 Å². The molecular weight excluding hydrogens is 243 g/mol. The van der Waals surface area contributed by atoms with Gasteiger partial charge in [0.1, 0.15) is 5.76 Å². The van der Waals surface area contributed by atoms with Crippen molar-refractivity contribution in [2.24, 2.45) is 0 Å². The van der Waals surface area contributed by atoms with Crippen molar-refractivity contribution in [2.45, 2.75) is 32.0 Å². The summed E-state index contributed by atoms with van der Waals surface area (Å²) < 4.78 is 40.4. The number of nitrogens with one attached hydrogen (secondary N) is 1. The van der Waals surface area contributed by atoms with Crippen molar-refractivity contribution in [3.63, 3.8) is 0 Å². The standard InChI is InChI=1S/C10H13ClF3NO/c11-9-4-3-8(16-9)7-15-6-2-1-5-10(12,13)14/h3-4,15H,1-2,5-7H2. The second-order valence-corrected chi connectivity index (χ2v) is 3.83. The normalized spacial score (nSPS) is 12.0. The maximum absolute atomic E-state index is 11.8. The second-order valence-electron chi connectivity index (χ2n) is 3.45. The zero-order valence-corrected chi connectivity index (χ0v) is 9.37. The minimum Gasteiger partial charge on any atom is -0.448 e. The van der Waals surface area contributed by atoms with E-state index < -0.39 is 12.6 Å².